The van der Waals surface area contributed by atoms with Gasteiger partial charge in [-0.05, 0) is 25.0 Å². The minimum atomic E-state index is -3.74. The zero-order chi connectivity index (χ0) is 14.5. The maximum Gasteiger partial charge on any atom is 0.285 e. The molecule has 0 N–H and O–H groups in total. The van der Waals surface area contributed by atoms with Gasteiger partial charge in [-0.15, -0.1) is 0 Å². The molecule has 0 fully saturated rings. The van der Waals surface area contributed by atoms with E-state index in [1.165, 1.54) is 15.2 Å². The maximum atomic E-state index is 12.8. The molecule has 1 aliphatic rings. The number of para-hydroxylation sites is 1. The normalized spacial score (nSPS) is 18.4. The van der Waals surface area contributed by atoms with Gasteiger partial charge in [-0.25, -0.2) is 4.98 Å². The van der Waals surface area contributed by atoms with Crippen LogP contribution in [0.15, 0.2) is 35.6 Å². The molecule has 0 saturated carbocycles. The number of nitrogens with zero attached hydrogens (tertiary/aromatic N) is 3. The molecule has 5 nitrogen and oxygen atoms in total. The molecule has 1 aliphatic heterocycles. The summed E-state index contributed by atoms with van der Waals surface area (Å²) in [6, 6.07) is 7.36. The summed E-state index contributed by atoms with van der Waals surface area (Å²) in [5.74, 6) is 0. The summed E-state index contributed by atoms with van der Waals surface area (Å²) in [6.07, 6.45) is 2.10. The zero-order valence-electron chi connectivity index (χ0n) is 11.1. The molecule has 0 aliphatic carbocycles. The van der Waals surface area contributed by atoms with Crippen molar-refractivity contribution >= 4 is 27.3 Å². The lowest BCUT2D eigenvalue weighted by Crippen LogP contribution is -2.36. The van der Waals surface area contributed by atoms with Crippen molar-refractivity contribution in [2.75, 3.05) is 4.31 Å². The first-order chi connectivity index (χ1) is 9.43. The Labute approximate surface area is 122 Å². The minimum Gasteiger partial charge on any atom is -0.324 e. The second-order valence-corrected chi connectivity index (χ2v) is 7.02. The third kappa shape index (κ3) is 1.83. The molecule has 1 atom stereocenters. The molecule has 2 heterocycles. The molecule has 0 bridgehead atoms. The number of aromatic nitrogens is 2. The SMILES string of the molecule is C[C@H]1Cc2ccccc2N1S(=O)(=O)c1ncn(C)c1Cl. The Bertz CT molecular complexity index is 770. The molecule has 1 aromatic heterocycles. The summed E-state index contributed by atoms with van der Waals surface area (Å²) < 4.78 is 28.5. The van der Waals surface area contributed by atoms with E-state index in [0.717, 1.165) is 5.56 Å². The number of imidazole rings is 1. The van der Waals surface area contributed by atoms with Gasteiger partial charge >= 0.3 is 0 Å². The van der Waals surface area contributed by atoms with Crippen LogP contribution < -0.4 is 4.31 Å². The fourth-order valence-electron chi connectivity index (χ4n) is 2.56. The number of rotatable bonds is 2. The Kier molecular flexibility index (Phi) is 3.02. The molecule has 7 heteroatoms. The minimum absolute atomic E-state index is 0.0924. The second-order valence-electron chi connectivity index (χ2n) is 4.93. The van der Waals surface area contributed by atoms with Crippen LogP contribution in [0.3, 0.4) is 0 Å². The number of fused-ring (bicyclic) bond motifs is 1. The molecule has 0 saturated heterocycles. The first-order valence-corrected chi connectivity index (χ1v) is 8.04. The third-order valence-corrected chi connectivity index (χ3v) is 5.90. The van der Waals surface area contributed by atoms with Crippen LogP contribution in [-0.2, 0) is 23.5 Å². The number of hydrogen-bond acceptors (Lipinski definition) is 3. The van der Waals surface area contributed by atoms with E-state index in [4.69, 9.17) is 11.6 Å². The summed E-state index contributed by atoms with van der Waals surface area (Å²) >= 11 is 6.04. The average Bonchev–Trinajstić information content (AvgIpc) is 2.90. The molecular weight excluding hydrogens is 298 g/mol. The third-order valence-electron chi connectivity index (χ3n) is 3.48. The summed E-state index contributed by atoms with van der Waals surface area (Å²) in [5.41, 5.74) is 1.73. The number of sulfonamides is 1. The fraction of sp³-hybridized carbons (Fsp3) is 0.308. The first kappa shape index (κ1) is 13.5. The molecule has 20 heavy (non-hydrogen) atoms. The monoisotopic (exact) mass is 311 g/mol. The standard InChI is InChI=1S/C13H14ClN3O2S/c1-9-7-10-5-3-4-6-11(10)17(9)20(18,19)13-12(14)16(2)8-15-13/h3-6,8-9H,7H2,1-2H3/t9-/m0/s1. The van der Waals surface area contributed by atoms with E-state index in [9.17, 15) is 8.42 Å². The highest BCUT2D eigenvalue weighted by atomic mass is 35.5. The van der Waals surface area contributed by atoms with Crippen LogP contribution in [0.2, 0.25) is 5.15 Å². The van der Waals surface area contributed by atoms with Crippen molar-refractivity contribution < 1.29 is 8.42 Å². The highest BCUT2D eigenvalue weighted by molar-refractivity contribution is 7.92. The van der Waals surface area contributed by atoms with Gasteiger partial charge in [-0.1, -0.05) is 29.8 Å². The maximum absolute atomic E-state index is 12.8. The van der Waals surface area contributed by atoms with Gasteiger partial charge in [-0.3, -0.25) is 4.31 Å². The molecule has 0 unspecified atom stereocenters. The van der Waals surface area contributed by atoms with E-state index < -0.39 is 10.0 Å². The summed E-state index contributed by atoms with van der Waals surface area (Å²) in [6.45, 7) is 1.88. The number of hydrogen-bond donors (Lipinski definition) is 0. The van der Waals surface area contributed by atoms with Crippen molar-refractivity contribution in [3.8, 4) is 0 Å². The van der Waals surface area contributed by atoms with Crippen LogP contribution in [0.4, 0.5) is 5.69 Å². The van der Waals surface area contributed by atoms with E-state index >= 15 is 0 Å². The van der Waals surface area contributed by atoms with Crippen molar-refractivity contribution in [1.29, 1.82) is 0 Å². The smallest absolute Gasteiger partial charge is 0.285 e. The van der Waals surface area contributed by atoms with Gasteiger partial charge in [-0.2, -0.15) is 8.42 Å². The Morgan fingerprint density at radius 1 is 1.35 bits per heavy atom. The van der Waals surface area contributed by atoms with E-state index in [0.29, 0.717) is 12.1 Å². The van der Waals surface area contributed by atoms with E-state index in [2.05, 4.69) is 4.98 Å². The van der Waals surface area contributed by atoms with E-state index in [1.807, 2.05) is 31.2 Å². The summed E-state index contributed by atoms with van der Waals surface area (Å²) in [7, 11) is -2.08. The molecule has 0 amide bonds. The number of aryl methyl sites for hydroxylation is 1. The Hall–Kier alpha value is -1.53. The Balaban J connectivity index is 2.15. The molecule has 0 spiro atoms. The molecule has 106 valence electrons. The van der Waals surface area contributed by atoms with Crippen LogP contribution in [-0.4, -0.2) is 24.0 Å². The number of benzene rings is 1. The van der Waals surface area contributed by atoms with E-state index in [-0.39, 0.29) is 16.2 Å². The van der Waals surface area contributed by atoms with Crippen molar-refractivity contribution in [1.82, 2.24) is 9.55 Å². The number of halogens is 1. The van der Waals surface area contributed by atoms with Gasteiger partial charge in [0.15, 0.2) is 0 Å². The zero-order valence-corrected chi connectivity index (χ0v) is 12.7. The van der Waals surface area contributed by atoms with Crippen molar-refractivity contribution in [3.05, 3.63) is 41.3 Å². The van der Waals surface area contributed by atoms with Gasteiger partial charge in [0, 0.05) is 13.1 Å². The van der Waals surface area contributed by atoms with Crippen molar-refractivity contribution in [2.24, 2.45) is 7.05 Å². The topological polar surface area (TPSA) is 55.2 Å². The lowest BCUT2D eigenvalue weighted by Gasteiger charge is -2.23. The second kappa shape index (κ2) is 4.49. The van der Waals surface area contributed by atoms with Crippen LogP contribution in [0, 0.1) is 0 Å². The lowest BCUT2D eigenvalue weighted by atomic mass is 10.1. The van der Waals surface area contributed by atoms with Gasteiger partial charge in [0.05, 0.1) is 12.0 Å². The average molecular weight is 312 g/mol. The Morgan fingerprint density at radius 2 is 2.05 bits per heavy atom. The van der Waals surface area contributed by atoms with Crippen LogP contribution in [0.1, 0.15) is 12.5 Å². The van der Waals surface area contributed by atoms with Crippen LogP contribution in [0.5, 0.6) is 0 Å². The van der Waals surface area contributed by atoms with Crippen LogP contribution >= 0.6 is 11.6 Å². The van der Waals surface area contributed by atoms with E-state index in [1.54, 1.807) is 7.05 Å². The van der Waals surface area contributed by atoms with Gasteiger partial charge in [0.1, 0.15) is 5.15 Å². The lowest BCUT2D eigenvalue weighted by molar-refractivity contribution is 0.581. The van der Waals surface area contributed by atoms with Crippen LogP contribution in [0.25, 0.3) is 0 Å². The predicted molar refractivity (Wildman–Crippen MR) is 77.5 cm³/mol. The molecule has 1 aromatic carbocycles. The quantitative estimate of drug-likeness (QED) is 0.854. The number of anilines is 1. The first-order valence-electron chi connectivity index (χ1n) is 6.22. The van der Waals surface area contributed by atoms with Gasteiger partial charge in [0.2, 0.25) is 5.03 Å². The molecular formula is C13H14ClN3O2S. The summed E-state index contributed by atoms with van der Waals surface area (Å²) in [4.78, 5) is 3.94. The van der Waals surface area contributed by atoms with Gasteiger partial charge < -0.3 is 4.57 Å². The largest absolute Gasteiger partial charge is 0.324 e. The Morgan fingerprint density at radius 3 is 2.70 bits per heavy atom. The molecule has 3 rings (SSSR count). The van der Waals surface area contributed by atoms with Crippen molar-refractivity contribution in [3.63, 3.8) is 0 Å². The van der Waals surface area contributed by atoms with Crippen molar-refractivity contribution in [2.45, 2.75) is 24.4 Å². The highest BCUT2D eigenvalue weighted by Gasteiger charge is 2.38. The summed E-state index contributed by atoms with van der Waals surface area (Å²) in [5, 5.41) is 0.0341. The van der Waals surface area contributed by atoms with Gasteiger partial charge in [0.25, 0.3) is 10.0 Å². The fourth-order valence-corrected chi connectivity index (χ4v) is 4.66. The molecule has 2 aromatic rings. The highest BCUT2D eigenvalue weighted by Crippen LogP contribution is 2.37. The predicted octanol–water partition coefficient (Wildman–Crippen LogP) is 2.21. The molecule has 0 radical (unpaired) electrons.